The standard InChI is InChI=1S/C10H16N4OS/c1-11-9-5-4-8(12-13-9)10(15)14(2)6-7-16-3/h4-5H,6-7H2,1-3H3,(H,11,13). The lowest BCUT2D eigenvalue weighted by Crippen LogP contribution is -2.29. The Hall–Kier alpha value is -1.30. The van der Waals surface area contributed by atoms with Crippen LogP contribution in [0.2, 0.25) is 0 Å². The van der Waals surface area contributed by atoms with Crippen LogP contribution in [0.25, 0.3) is 0 Å². The van der Waals surface area contributed by atoms with E-state index in [0.717, 1.165) is 12.3 Å². The first-order chi connectivity index (χ1) is 7.69. The van der Waals surface area contributed by atoms with Crippen LogP contribution >= 0.6 is 11.8 Å². The highest BCUT2D eigenvalue weighted by atomic mass is 32.2. The Morgan fingerprint density at radius 3 is 2.75 bits per heavy atom. The first kappa shape index (κ1) is 12.8. The maximum Gasteiger partial charge on any atom is 0.274 e. The van der Waals surface area contributed by atoms with Gasteiger partial charge < -0.3 is 10.2 Å². The highest BCUT2D eigenvalue weighted by Gasteiger charge is 2.12. The monoisotopic (exact) mass is 240 g/mol. The van der Waals surface area contributed by atoms with Gasteiger partial charge in [0.1, 0.15) is 5.82 Å². The summed E-state index contributed by atoms with van der Waals surface area (Å²) in [6.45, 7) is 0.718. The summed E-state index contributed by atoms with van der Waals surface area (Å²) in [6.07, 6.45) is 2.01. The van der Waals surface area contributed by atoms with Crippen LogP contribution in [0.4, 0.5) is 5.82 Å². The lowest BCUT2D eigenvalue weighted by atomic mass is 10.3. The molecule has 1 aromatic heterocycles. The van der Waals surface area contributed by atoms with Gasteiger partial charge in [-0.05, 0) is 18.4 Å². The molecule has 0 fully saturated rings. The van der Waals surface area contributed by atoms with Crippen LogP contribution < -0.4 is 5.32 Å². The maximum absolute atomic E-state index is 11.8. The number of amides is 1. The summed E-state index contributed by atoms with van der Waals surface area (Å²) in [6, 6.07) is 3.42. The van der Waals surface area contributed by atoms with Gasteiger partial charge in [-0.25, -0.2) is 0 Å². The summed E-state index contributed by atoms with van der Waals surface area (Å²) >= 11 is 1.71. The molecule has 0 spiro atoms. The molecule has 0 aliphatic heterocycles. The number of hydrogen-bond acceptors (Lipinski definition) is 5. The van der Waals surface area contributed by atoms with E-state index >= 15 is 0 Å². The van der Waals surface area contributed by atoms with Crippen molar-refractivity contribution in [2.75, 3.05) is 38.0 Å². The molecule has 0 aromatic carbocycles. The smallest absolute Gasteiger partial charge is 0.274 e. The molecule has 1 N–H and O–H groups in total. The molecule has 0 bridgehead atoms. The lowest BCUT2D eigenvalue weighted by Gasteiger charge is -2.15. The fraction of sp³-hybridized carbons (Fsp3) is 0.500. The van der Waals surface area contributed by atoms with Crippen LogP contribution in [0.15, 0.2) is 12.1 Å². The van der Waals surface area contributed by atoms with Crippen molar-refractivity contribution in [1.82, 2.24) is 15.1 Å². The molecule has 1 aromatic rings. The van der Waals surface area contributed by atoms with Gasteiger partial charge in [0.2, 0.25) is 0 Å². The van der Waals surface area contributed by atoms with E-state index in [1.165, 1.54) is 0 Å². The number of hydrogen-bond donors (Lipinski definition) is 1. The average Bonchev–Trinajstić information content (AvgIpc) is 2.35. The second-order valence-electron chi connectivity index (χ2n) is 3.27. The van der Waals surface area contributed by atoms with Crippen molar-refractivity contribution in [2.45, 2.75) is 0 Å². The molecule has 88 valence electrons. The predicted molar refractivity (Wildman–Crippen MR) is 66.9 cm³/mol. The zero-order valence-electron chi connectivity index (χ0n) is 9.73. The first-order valence-electron chi connectivity index (χ1n) is 4.95. The summed E-state index contributed by atoms with van der Waals surface area (Å²) < 4.78 is 0. The summed E-state index contributed by atoms with van der Waals surface area (Å²) in [4.78, 5) is 13.5. The van der Waals surface area contributed by atoms with Crippen molar-refractivity contribution in [1.29, 1.82) is 0 Å². The molecular formula is C10H16N4OS. The molecule has 6 heteroatoms. The summed E-state index contributed by atoms with van der Waals surface area (Å²) in [5.74, 6) is 1.48. The molecule has 0 unspecified atom stereocenters. The van der Waals surface area contributed by atoms with Gasteiger partial charge >= 0.3 is 0 Å². The zero-order valence-corrected chi connectivity index (χ0v) is 10.5. The van der Waals surface area contributed by atoms with Gasteiger partial charge in [0.25, 0.3) is 5.91 Å². The molecule has 0 radical (unpaired) electrons. The largest absolute Gasteiger partial charge is 0.372 e. The molecule has 0 aliphatic rings. The van der Waals surface area contributed by atoms with E-state index in [9.17, 15) is 4.79 Å². The van der Waals surface area contributed by atoms with Crippen LogP contribution in [0, 0.1) is 0 Å². The van der Waals surface area contributed by atoms with Gasteiger partial charge in [-0.15, -0.1) is 10.2 Å². The summed E-state index contributed by atoms with van der Waals surface area (Å²) in [5, 5.41) is 10.6. The normalized spacial score (nSPS) is 9.94. The third-order valence-electron chi connectivity index (χ3n) is 2.12. The van der Waals surface area contributed by atoms with E-state index in [0.29, 0.717) is 11.5 Å². The second-order valence-corrected chi connectivity index (χ2v) is 4.26. The topological polar surface area (TPSA) is 58.1 Å². The van der Waals surface area contributed by atoms with Gasteiger partial charge in [-0.1, -0.05) is 0 Å². The molecule has 1 amide bonds. The van der Waals surface area contributed by atoms with Crippen LogP contribution in [0.3, 0.4) is 0 Å². The lowest BCUT2D eigenvalue weighted by molar-refractivity contribution is 0.0797. The van der Waals surface area contributed by atoms with Crippen LogP contribution in [-0.4, -0.2) is 53.7 Å². The summed E-state index contributed by atoms with van der Waals surface area (Å²) in [7, 11) is 3.53. The number of rotatable bonds is 5. The van der Waals surface area contributed by atoms with E-state index < -0.39 is 0 Å². The van der Waals surface area contributed by atoms with Crippen molar-refractivity contribution in [3.8, 4) is 0 Å². The molecule has 1 rings (SSSR count). The van der Waals surface area contributed by atoms with Crippen LogP contribution in [0.5, 0.6) is 0 Å². The van der Waals surface area contributed by atoms with Gasteiger partial charge in [-0.2, -0.15) is 11.8 Å². The molecule has 5 nitrogen and oxygen atoms in total. The minimum Gasteiger partial charge on any atom is -0.372 e. The quantitative estimate of drug-likeness (QED) is 0.830. The van der Waals surface area contributed by atoms with Crippen LogP contribution in [-0.2, 0) is 0 Å². The number of thioether (sulfide) groups is 1. The van der Waals surface area contributed by atoms with Gasteiger partial charge in [-0.3, -0.25) is 4.79 Å². The number of nitrogens with one attached hydrogen (secondary N) is 1. The van der Waals surface area contributed by atoms with Gasteiger partial charge in [0, 0.05) is 26.4 Å². The number of carbonyl (C=O) groups is 1. The molecule has 0 aliphatic carbocycles. The molecule has 0 saturated carbocycles. The molecule has 16 heavy (non-hydrogen) atoms. The molecule has 1 heterocycles. The first-order valence-corrected chi connectivity index (χ1v) is 6.34. The highest BCUT2D eigenvalue weighted by molar-refractivity contribution is 7.98. The zero-order chi connectivity index (χ0) is 12.0. The summed E-state index contributed by atoms with van der Waals surface area (Å²) in [5.41, 5.74) is 0.377. The van der Waals surface area contributed by atoms with Crippen LogP contribution in [0.1, 0.15) is 10.5 Å². The minimum atomic E-state index is -0.0933. The highest BCUT2D eigenvalue weighted by Crippen LogP contribution is 2.04. The molecule has 0 saturated heterocycles. The number of carbonyl (C=O) groups excluding carboxylic acids is 1. The van der Waals surface area contributed by atoms with E-state index in [-0.39, 0.29) is 5.91 Å². The number of anilines is 1. The number of nitrogens with zero attached hydrogens (tertiary/aromatic N) is 3. The fourth-order valence-electron chi connectivity index (χ4n) is 1.10. The van der Waals surface area contributed by atoms with E-state index in [1.807, 2.05) is 6.26 Å². The average molecular weight is 240 g/mol. The maximum atomic E-state index is 11.8. The molecule has 0 atom stereocenters. The predicted octanol–water partition coefficient (Wildman–Crippen LogP) is 0.953. The van der Waals surface area contributed by atoms with Gasteiger partial charge in [0.15, 0.2) is 5.69 Å². The van der Waals surface area contributed by atoms with E-state index in [4.69, 9.17) is 0 Å². The second kappa shape index (κ2) is 6.32. The Balaban J connectivity index is 2.64. The van der Waals surface area contributed by atoms with E-state index in [1.54, 1.807) is 42.9 Å². The van der Waals surface area contributed by atoms with E-state index in [2.05, 4.69) is 15.5 Å². The minimum absolute atomic E-state index is 0.0933. The van der Waals surface area contributed by atoms with Crippen molar-refractivity contribution in [2.24, 2.45) is 0 Å². The Morgan fingerprint density at radius 2 is 2.25 bits per heavy atom. The number of aromatic nitrogens is 2. The Bertz CT molecular complexity index is 341. The van der Waals surface area contributed by atoms with Crippen molar-refractivity contribution < 1.29 is 4.79 Å². The fourth-order valence-corrected chi connectivity index (χ4v) is 1.56. The molecular weight excluding hydrogens is 224 g/mol. The third-order valence-corrected chi connectivity index (χ3v) is 2.71. The van der Waals surface area contributed by atoms with Gasteiger partial charge in [0.05, 0.1) is 0 Å². The SMILES string of the molecule is CNc1ccc(C(=O)N(C)CCSC)nn1. The van der Waals surface area contributed by atoms with Crippen molar-refractivity contribution in [3.05, 3.63) is 17.8 Å². The third kappa shape index (κ3) is 3.37. The van der Waals surface area contributed by atoms with Crippen molar-refractivity contribution in [3.63, 3.8) is 0 Å². The Labute approximate surface area is 99.6 Å². The Kier molecular flexibility index (Phi) is 5.04. The van der Waals surface area contributed by atoms with Crippen molar-refractivity contribution >= 4 is 23.5 Å². The Morgan fingerprint density at radius 1 is 1.50 bits per heavy atom.